The van der Waals surface area contributed by atoms with E-state index in [9.17, 15) is 4.39 Å². The Morgan fingerprint density at radius 2 is 2.10 bits per heavy atom. The van der Waals surface area contributed by atoms with Crippen molar-refractivity contribution < 1.29 is 9.13 Å². The molecule has 3 rings (SSSR count). The molecule has 0 aliphatic heterocycles. The Morgan fingerprint density at radius 3 is 2.80 bits per heavy atom. The Hall–Kier alpha value is -1.20. The van der Waals surface area contributed by atoms with Gasteiger partial charge in [-0.3, -0.25) is 0 Å². The number of hydrogen-bond donors (Lipinski definition) is 0. The molecular formula is C14H11BrClFN2O. The van der Waals surface area contributed by atoms with Crippen LogP contribution in [0.3, 0.4) is 0 Å². The summed E-state index contributed by atoms with van der Waals surface area (Å²) in [5, 5.41) is 0.354. The molecule has 6 heteroatoms. The van der Waals surface area contributed by atoms with E-state index in [4.69, 9.17) is 16.3 Å². The van der Waals surface area contributed by atoms with Crippen LogP contribution in [0.25, 0.3) is 0 Å². The maximum atomic E-state index is 13.7. The molecule has 1 saturated carbocycles. The Kier molecular flexibility index (Phi) is 3.65. The van der Waals surface area contributed by atoms with E-state index in [1.165, 1.54) is 6.07 Å². The van der Waals surface area contributed by atoms with Crippen molar-refractivity contribution in [2.45, 2.75) is 25.7 Å². The summed E-state index contributed by atoms with van der Waals surface area (Å²) in [6, 6.07) is 4.50. The van der Waals surface area contributed by atoms with Crippen molar-refractivity contribution in [3.8, 4) is 11.6 Å². The Balaban J connectivity index is 1.99. The van der Waals surface area contributed by atoms with Gasteiger partial charge >= 0.3 is 0 Å². The minimum absolute atomic E-state index is 0.110. The normalized spacial score (nSPS) is 14.4. The van der Waals surface area contributed by atoms with Gasteiger partial charge in [0.15, 0.2) is 11.6 Å². The molecule has 0 N–H and O–H groups in total. The quantitative estimate of drug-likeness (QED) is 0.724. The van der Waals surface area contributed by atoms with Crippen LogP contribution in [0.5, 0.6) is 11.6 Å². The molecule has 0 saturated heterocycles. The average Bonchev–Trinajstić information content (AvgIpc) is 3.23. The van der Waals surface area contributed by atoms with Crippen LogP contribution in [-0.4, -0.2) is 9.97 Å². The van der Waals surface area contributed by atoms with Crippen LogP contribution < -0.4 is 4.74 Å². The summed E-state index contributed by atoms with van der Waals surface area (Å²) in [5.74, 6) is 0.993. The summed E-state index contributed by atoms with van der Waals surface area (Å²) < 4.78 is 20.0. The Bertz CT molecular complexity index is 676. The third-order valence-electron chi connectivity index (χ3n) is 3.10. The van der Waals surface area contributed by atoms with E-state index in [-0.39, 0.29) is 5.75 Å². The predicted molar refractivity (Wildman–Crippen MR) is 77.9 cm³/mol. The largest absolute Gasteiger partial charge is 0.435 e. The van der Waals surface area contributed by atoms with Crippen LogP contribution in [0.15, 0.2) is 22.7 Å². The van der Waals surface area contributed by atoms with Gasteiger partial charge in [0.1, 0.15) is 11.0 Å². The summed E-state index contributed by atoms with van der Waals surface area (Å²) >= 11 is 9.38. The molecule has 1 heterocycles. The summed E-state index contributed by atoms with van der Waals surface area (Å²) in [5.41, 5.74) is 0.607. The Morgan fingerprint density at radius 1 is 1.35 bits per heavy atom. The SMILES string of the molecule is Cc1c(Cl)nc(C2CC2)nc1Oc1cc(Br)ccc1F. The lowest BCUT2D eigenvalue weighted by Gasteiger charge is -2.11. The van der Waals surface area contributed by atoms with Crippen molar-refractivity contribution in [1.82, 2.24) is 9.97 Å². The zero-order valence-corrected chi connectivity index (χ0v) is 13.0. The molecule has 1 fully saturated rings. The first-order valence-electron chi connectivity index (χ1n) is 6.21. The van der Waals surface area contributed by atoms with Crippen LogP contribution in [-0.2, 0) is 0 Å². The molecule has 0 atom stereocenters. The summed E-state index contributed by atoms with van der Waals surface area (Å²) in [7, 11) is 0. The molecule has 0 spiro atoms. The van der Waals surface area contributed by atoms with E-state index in [1.807, 2.05) is 0 Å². The minimum Gasteiger partial charge on any atom is -0.435 e. The second kappa shape index (κ2) is 5.30. The molecule has 1 aliphatic rings. The van der Waals surface area contributed by atoms with Gasteiger partial charge in [-0.2, -0.15) is 4.98 Å². The van der Waals surface area contributed by atoms with Crippen molar-refractivity contribution in [3.63, 3.8) is 0 Å². The second-order valence-corrected chi connectivity index (χ2v) is 6.03. The van der Waals surface area contributed by atoms with Gasteiger partial charge in [-0.1, -0.05) is 27.5 Å². The number of rotatable bonds is 3. The number of benzene rings is 1. The maximum absolute atomic E-state index is 13.7. The summed E-state index contributed by atoms with van der Waals surface area (Å²) in [6.07, 6.45) is 2.12. The molecule has 2 aromatic rings. The number of nitrogens with zero attached hydrogens (tertiary/aromatic N) is 2. The van der Waals surface area contributed by atoms with Gasteiger partial charge in [-0.15, -0.1) is 0 Å². The zero-order chi connectivity index (χ0) is 14.3. The van der Waals surface area contributed by atoms with E-state index in [2.05, 4.69) is 25.9 Å². The summed E-state index contributed by atoms with van der Waals surface area (Å²) in [6.45, 7) is 1.75. The second-order valence-electron chi connectivity index (χ2n) is 4.75. The lowest BCUT2D eigenvalue weighted by atomic mass is 10.3. The lowest BCUT2D eigenvalue weighted by Crippen LogP contribution is -2.00. The van der Waals surface area contributed by atoms with E-state index in [0.717, 1.165) is 17.3 Å². The molecule has 1 aromatic heterocycles. The molecule has 0 unspecified atom stereocenters. The third kappa shape index (κ3) is 2.79. The molecule has 0 radical (unpaired) electrons. The van der Waals surface area contributed by atoms with Crippen LogP contribution >= 0.6 is 27.5 Å². The highest BCUT2D eigenvalue weighted by Crippen LogP contribution is 2.40. The maximum Gasteiger partial charge on any atom is 0.227 e. The van der Waals surface area contributed by atoms with E-state index >= 15 is 0 Å². The molecule has 1 aromatic carbocycles. The fourth-order valence-corrected chi connectivity index (χ4v) is 2.28. The Labute approximate surface area is 129 Å². The van der Waals surface area contributed by atoms with Crippen LogP contribution in [0.2, 0.25) is 5.15 Å². The third-order valence-corrected chi connectivity index (χ3v) is 3.96. The lowest BCUT2D eigenvalue weighted by molar-refractivity contribution is 0.421. The van der Waals surface area contributed by atoms with Gasteiger partial charge in [0, 0.05) is 16.0 Å². The van der Waals surface area contributed by atoms with Gasteiger partial charge < -0.3 is 4.74 Å². The van der Waals surface area contributed by atoms with E-state index in [1.54, 1.807) is 19.1 Å². The number of ether oxygens (including phenoxy) is 1. The molecule has 104 valence electrons. The molecular weight excluding hydrogens is 347 g/mol. The molecule has 20 heavy (non-hydrogen) atoms. The van der Waals surface area contributed by atoms with Crippen LogP contribution in [0.1, 0.15) is 30.1 Å². The molecule has 0 bridgehead atoms. The van der Waals surface area contributed by atoms with Gasteiger partial charge in [-0.05, 0) is 38.0 Å². The zero-order valence-electron chi connectivity index (χ0n) is 10.7. The van der Waals surface area contributed by atoms with Gasteiger partial charge in [0.05, 0.1) is 0 Å². The first-order chi connectivity index (χ1) is 9.54. The van der Waals surface area contributed by atoms with E-state index in [0.29, 0.717) is 28.3 Å². The van der Waals surface area contributed by atoms with Crippen LogP contribution in [0, 0.1) is 12.7 Å². The standard InChI is InChI=1S/C14H11BrClFN2O/c1-7-12(16)18-13(8-2-3-8)19-14(7)20-11-6-9(15)4-5-10(11)17/h4-6,8H,2-3H2,1H3. The summed E-state index contributed by atoms with van der Waals surface area (Å²) in [4.78, 5) is 8.61. The highest BCUT2D eigenvalue weighted by molar-refractivity contribution is 9.10. The fourth-order valence-electron chi connectivity index (χ4n) is 1.77. The van der Waals surface area contributed by atoms with Crippen molar-refractivity contribution in [3.05, 3.63) is 45.0 Å². The van der Waals surface area contributed by atoms with Crippen molar-refractivity contribution in [2.75, 3.05) is 0 Å². The first kappa shape index (κ1) is 13.8. The van der Waals surface area contributed by atoms with Crippen molar-refractivity contribution >= 4 is 27.5 Å². The number of hydrogen-bond acceptors (Lipinski definition) is 3. The average molecular weight is 358 g/mol. The fraction of sp³-hybridized carbons (Fsp3) is 0.286. The molecule has 1 aliphatic carbocycles. The van der Waals surface area contributed by atoms with Crippen molar-refractivity contribution in [2.24, 2.45) is 0 Å². The smallest absolute Gasteiger partial charge is 0.227 e. The predicted octanol–water partition coefficient (Wildman–Crippen LogP) is 5.01. The van der Waals surface area contributed by atoms with Crippen molar-refractivity contribution in [1.29, 1.82) is 0 Å². The number of aromatic nitrogens is 2. The topological polar surface area (TPSA) is 35.0 Å². The monoisotopic (exact) mass is 356 g/mol. The minimum atomic E-state index is -0.449. The molecule has 3 nitrogen and oxygen atoms in total. The molecule has 0 amide bonds. The van der Waals surface area contributed by atoms with Gasteiger partial charge in [0.25, 0.3) is 0 Å². The first-order valence-corrected chi connectivity index (χ1v) is 7.38. The van der Waals surface area contributed by atoms with Gasteiger partial charge in [0.2, 0.25) is 5.88 Å². The van der Waals surface area contributed by atoms with E-state index < -0.39 is 5.82 Å². The highest BCUT2D eigenvalue weighted by Gasteiger charge is 2.28. The highest BCUT2D eigenvalue weighted by atomic mass is 79.9. The van der Waals surface area contributed by atoms with Gasteiger partial charge in [-0.25, -0.2) is 9.37 Å². The van der Waals surface area contributed by atoms with Crippen LogP contribution in [0.4, 0.5) is 4.39 Å². The number of halogens is 3.